The summed E-state index contributed by atoms with van der Waals surface area (Å²) in [5.41, 5.74) is 5.45. The van der Waals surface area contributed by atoms with Gasteiger partial charge in [-0.1, -0.05) is 56.5 Å². The molecule has 0 heterocycles. The second-order valence-electron chi connectivity index (χ2n) is 7.83. The van der Waals surface area contributed by atoms with Gasteiger partial charge >= 0.3 is 0 Å². The summed E-state index contributed by atoms with van der Waals surface area (Å²) in [5.74, 6) is 0.801. The Morgan fingerprint density at radius 3 is 2.58 bits per heavy atom. The third-order valence-corrected chi connectivity index (χ3v) is 5.87. The first-order valence-corrected chi connectivity index (χ1v) is 9.41. The minimum Gasteiger partial charge on any atom is -0.206 e. The first-order valence-electron chi connectivity index (χ1n) is 8.88. The van der Waals surface area contributed by atoms with Crippen LogP contribution in [-0.4, -0.2) is 0 Å². The van der Waals surface area contributed by atoms with Gasteiger partial charge < -0.3 is 0 Å². The first-order chi connectivity index (χ1) is 11.4. The molecular formula is C22H26ClF. The van der Waals surface area contributed by atoms with Crippen molar-refractivity contribution in [3.63, 3.8) is 0 Å². The molecule has 0 aliphatic heterocycles. The summed E-state index contributed by atoms with van der Waals surface area (Å²) in [6.45, 7) is 6.71. The van der Waals surface area contributed by atoms with Crippen LogP contribution in [0.15, 0.2) is 36.4 Å². The third-order valence-electron chi connectivity index (χ3n) is 5.56. The molecule has 1 aliphatic rings. The van der Waals surface area contributed by atoms with Gasteiger partial charge in [-0.3, -0.25) is 0 Å². The van der Waals surface area contributed by atoms with Crippen molar-refractivity contribution in [2.45, 2.75) is 58.3 Å². The average Bonchev–Trinajstić information content (AvgIpc) is 2.56. The molecule has 0 amide bonds. The van der Waals surface area contributed by atoms with Gasteiger partial charge in [-0.15, -0.1) is 11.6 Å². The lowest BCUT2D eigenvalue weighted by Crippen LogP contribution is -2.26. The zero-order chi connectivity index (χ0) is 17.3. The number of benzene rings is 2. The molecule has 1 atom stereocenters. The quantitative estimate of drug-likeness (QED) is 0.515. The molecule has 0 radical (unpaired) electrons. The largest absolute Gasteiger partial charge is 0.206 e. The predicted molar refractivity (Wildman–Crippen MR) is 101 cm³/mol. The molecule has 0 saturated heterocycles. The maximum atomic E-state index is 14.6. The van der Waals surface area contributed by atoms with E-state index in [2.05, 4.69) is 26.0 Å². The fraction of sp³-hybridized carbons (Fsp3) is 0.455. The monoisotopic (exact) mass is 344 g/mol. The van der Waals surface area contributed by atoms with Crippen molar-refractivity contribution >= 4 is 11.6 Å². The maximum Gasteiger partial charge on any atom is 0.131 e. The molecule has 1 fully saturated rings. The van der Waals surface area contributed by atoms with E-state index in [-0.39, 0.29) is 11.2 Å². The van der Waals surface area contributed by atoms with Crippen molar-refractivity contribution in [1.29, 1.82) is 0 Å². The average molecular weight is 345 g/mol. The second-order valence-corrected chi connectivity index (χ2v) is 8.09. The van der Waals surface area contributed by atoms with Crippen LogP contribution in [0.5, 0.6) is 0 Å². The zero-order valence-corrected chi connectivity index (χ0v) is 15.6. The van der Waals surface area contributed by atoms with Crippen molar-refractivity contribution in [2.75, 3.05) is 0 Å². The molecule has 0 N–H and O–H groups in total. The van der Waals surface area contributed by atoms with E-state index < -0.39 is 0 Å². The molecule has 0 nitrogen and oxygen atoms in total. The Morgan fingerprint density at radius 1 is 1.08 bits per heavy atom. The van der Waals surface area contributed by atoms with Gasteiger partial charge in [0, 0.05) is 11.4 Å². The van der Waals surface area contributed by atoms with Gasteiger partial charge in [-0.2, -0.15) is 0 Å². The highest BCUT2D eigenvalue weighted by atomic mass is 35.5. The minimum absolute atomic E-state index is 0.144. The lowest BCUT2D eigenvalue weighted by molar-refractivity contribution is 0.200. The molecule has 2 aromatic rings. The maximum absolute atomic E-state index is 14.6. The van der Waals surface area contributed by atoms with Crippen molar-refractivity contribution < 1.29 is 4.39 Å². The number of aryl methyl sites for hydroxylation is 1. The lowest BCUT2D eigenvalue weighted by Gasteiger charge is -2.40. The highest BCUT2D eigenvalue weighted by Gasteiger charge is 2.35. The van der Waals surface area contributed by atoms with Crippen LogP contribution in [0.4, 0.5) is 4.39 Å². The van der Waals surface area contributed by atoms with E-state index in [9.17, 15) is 4.39 Å². The Labute approximate surface area is 150 Å². The van der Waals surface area contributed by atoms with Crippen LogP contribution in [0.25, 0.3) is 11.1 Å². The Balaban J connectivity index is 2.18. The van der Waals surface area contributed by atoms with E-state index >= 15 is 0 Å². The van der Waals surface area contributed by atoms with Crippen molar-refractivity contribution in [3.05, 3.63) is 58.9 Å². The molecule has 128 valence electrons. The molecular weight excluding hydrogens is 319 g/mol. The Hall–Kier alpha value is -1.34. The Morgan fingerprint density at radius 2 is 1.88 bits per heavy atom. The minimum atomic E-state index is -0.144. The van der Waals surface area contributed by atoms with E-state index in [1.54, 1.807) is 6.07 Å². The summed E-state index contributed by atoms with van der Waals surface area (Å²) in [4.78, 5) is 0. The number of rotatable bonds is 3. The van der Waals surface area contributed by atoms with E-state index in [0.717, 1.165) is 16.7 Å². The Kier molecular flexibility index (Phi) is 5.01. The SMILES string of the molecule is Cc1ccc(F)c(-c2ccc(CCl)cc2[C@H]2CCCCC2(C)C)c1. The molecule has 24 heavy (non-hydrogen) atoms. The molecule has 0 spiro atoms. The van der Waals surface area contributed by atoms with Gasteiger partial charge in [-0.25, -0.2) is 4.39 Å². The fourth-order valence-corrected chi connectivity index (χ4v) is 4.31. The highest BCUT2D eigenvalue weighted by Crippen LogP contribution is 2.49. The third kappa shape index (κ3) is 3.37. The van der Waals surface area contributed by atoms with Crippen LogP contribution in [0.2, 0.25) is 0 Å². The predicted octanol–water partition coefficient (Wildman–Crippen LogP) is 7.22. The molecule has 3 rings (SSSR count). The molecule has 0 aromatic heterocycles. The fourth-order valence-electron chi connectivity index (χ4n) is 4.14. The zero-order valence-electron chi connectivity index (χ0n) is 14.8. The van der Waals surface area contributed by atoms with Gasteiger partial charge in [0.2, 0.25) is 0 Å². The Bertz CT molecular complexity index is 733. The smallest absolute Gasteiger partial charge is 0.131 e. The number of hydrogen-bond acceptors (Lipinski definition) is 0. The van der Waals surface area contributed by atoms with E-state index in [4.69, 9.17) is 11.6 Å². The standard InChI is InChI=1S/C22H26ClF/c1-15-7-10-21(24)19(12-15)17-9-8-16(14-23)13-18(17)20-6-4-5-11-22(20,2)3/h7-10,12-13,20H,4-6,11,14H2,1-3H3/t20-/m1/s1. The van der Waals surface area contributed by atoms with Gasteiger partial charge in [0.05, 0.1) is 0 Å². The summed E-state index contributed by atoms with van der Waals surface area (Å²) in [6, 6.07) is 11.7. The van der Waals surface area contributed by atoms with Crippen molar-refractivity contribution in [1.82, 2.24) is 0 Å². The summed E-state index contributed by atoms with van der Waals surface area (Å²) < 4.78 is 14.6. The van der Waals surface area contributed by atoms with Crippen LogP contribution < -0.4 is 0 Å². The van der Waals surface area contributed by atoms with Crippen LogP contribution in [0.3, 0.4) is 0 Å². The molecule has 1 aliphatic carbocycles. The first kappa shape index (κ1) is 17.5. The lowest BCUT2D eigenvalue weighted by atomic mass is 9.65. The van der Waals surface area contributed by atoms with Gasteiger partial charge in [0.1, 0.15) is 5.82 Å². The van der Waals surface area contributed by atoms with Crippen LogP contribution in [0.1, 0.15) is 62.1 Å². The van der Waals surface area contributed by atoms with Gasteiger partial charge in [0.15, 0.2) is 0 Å². The van der Waals surface area contributed by atoms with Crippen molar-refractivity contribution in [3.8, 4) is 11.1 Å². The van der Waals surface area contributed by atoms with E-state index in [0.29, 0.717) is 17.4 Å². The van der Waals surface area contributed by atoms with E-state index in [1.807, 2.05) is 25.1 Å². The topological polar surface area (TPSA) is 0 Å². The van der Waals surface area contributed by atoms with Gasteiger partial charge in [0.25, 0.3) is 0 Å². The molecule has 2 heteroatoms. The number of alkyl halides is 1. The molecule has 1 saturated carbocycles. The second kappa shape index (κ2) is 6.88. The number of hydrogen-bond donors (Lipinski definition) is 0. The highest BCUT2D eigenvalue weighted by molar-refractivity contribution is 6.17. The van der Waals surface area contributed by atoms with Crippen LogP contribution in [0, 0.1) is 18.2 Å². The molecule has 2 aromatic carbocycles. The van der Waals surface area contributed by atoms with Crippen LogP contribution in [-0.2, 0) is 5.88 Å². The van der Waals surface area contributed by atoms with Crippen molar-refractivity contribution in [2.24, 2.45) is 5.41 Å². The summed E-state index contributed by atoms with van der Waals surface area (Å²) in [6.07, 6.45) is 4.92. The summed E-state index contributed by atoms with van der Waals surface area (Å²) in [7, 11) is 0. The van der Waals surface area contributed by atoms with E-state index in [1.165, 1.54) is 31.2 Å². The normalized spacial score (nSPS) is 20.1. The number of halogens is 2. The molecule has 0 bridgehead atoms. The van der Waals surface area contributed by atoms with Gasteiger partial charge in [-0.05, 0) is 59.9 Å². The molecule has 0 unspecified atom stereocenters. The van der Waals surface area contributed by atoms with Crippen LogP contribution >= 0.6 is 11.6 Å². The summed E-state index contributed by atoms with van der Waals surface area (Å²) >= 11 is 6.09. The summed E-state index contributed by atoms with van der Waals surface area (Å²) in [5, 5.41) is 0.